The smallest absolute Gasteiger partial charge is 0.251 e. The summed E-state index contributed by atoms with van der Waals surface area (Å²) in [6.45, 7) is 0.233. The second kappa shape index (κ2) is 7.88. The number of halogens is 2. The summed E-state index contributed by atoms with van der Waals surface area (Å²) in [4.78, 5) is 28.5. The third kappa shape index (κ3) is 4.23. The summed E-state index contributed by atoms with van der Waals surface area (Å²) in [5.74, 6) is -0.0141. The predicted molar refractivity (Wildman–Crippen MR) is 105 cm³/mol. The Morgan fingerprint density at radius 3 is 2.65 bits per heavy atom. The molecule has 26 heavy (non-hydrogen) atoms. The number of anilines is 1. The lowest BCUT2D eigenvalue weighted by atomic mass is 10.2. The number of carbonyl (C=O) groups excluding carboxylic acids is 2. The second-order valence-electron chi connectivity index (χ2n) is 5.69. The zero-order valence-electron chi connectivity index (χ0n) is 13.9. The van der Waals surface area contributed by atoms with Crippen LogP contribution in [0.3, 0.4) is 0 Å². The molecule has 2 N–H and O–H groups in total. The fourth-order valence-corrected chi connectivity index (χ4v) is 2.90. The van der Waals surface area contributed by atoms with Gasteiger partial charge in [0.2, 0.25) is 11.9 Å². The first kappa shape index (κ1) is 18.4. The van der Waals surface area contributed by atoms with Crippen molar-refractivity contribution in [1.82, 2.24) is 14.9 Å². The minimum Gasteiger partial charge on any atom is -0.352 e. The molecular formula is C18H16BrClN4O2. The van der Waals surface area contributed by atoms with E-state index in [9.17, 15) is 9.59 Å². The molecule has 0 aliphatic heterocycles. The fourth-order valence-electron chi connectivity index (χ4n) is 2.46. The van der Waals surface area contributed by atoms with E-state index in [-0.39, 0.29) is 24.8 Å². The molecule has 0 spiro atoms. The van der Waals surface area contributed by atoms with Crippen molar-refractivity contribution in [1.29, 1.82) is 0 Å². The van der Waals surface area contributed by atoms with Crippen molar-refractivity contribution < 1.29 is 9.59 Å². The van der Waals surface area contributed by atoms with Gasteiger partial charge in [0.25, 0.3) is 5.91 Å². The zero-order chi connectivity index (χ0) is 18.7. The van der Waals surface area contributed by atoms with Crippen LogP contribution in [0.1, 0.15) is 16.8 Å². The quantitative estimate of drug-likeness (QED) is 0.641. The highest BCUT2D eigenvalue weighted by atomic mass is 79.9. The molecule has 0 aliphatic carbocycles. The third-order valence-corrected chi connectivity index (χ3v) is 4.60. The molecule has 1 heterocycles. The number of carbonyl (C=O) groups is 2. The SMILES string of the molecule is Cn1c(NC(=O)CCNC(=O)c2ccc(Br)cc2)nc2cc(Cl)ccc21. The number of hydrogen-bond donors (Lipinski definition) is 2. The molecule has 0 bridgehead atoms. The standard InChI is InChI=1S/C18H16BrClN4O2/c1-24-15-7-6-13(20)10-14(15)22-18(24)23-16(25)8-9-21-17(26)11-2-4-12(19)5-3-11/h2-7,10H,8-9H2,1H3,(H,21,26)(H,22,23,25). The van der Waals surface area contributed by atoms with Crippen LogP contribution in [0.5, 0.6) is 0 Å². The first-order valence-electron chi connectivity index (χ1n) is 7.89. The van der Waals surface area contributed by atoms with Gasteiger partial charge in [-0.25, -0.2) is 4.98 Å². The summed E-state index contributed by atoms with van der Waals surface area (Å²) >= 11 is 9.28. The van der Waals surface area contributed by atoms with E-state index in [1.54, 1.807) is 41.0 Å². The molecule has 2 aromatic carbocycles. The minimum atomic E-state index is -0.231. The lowest BCUT2D eigenvalue weighted by Crippen LogP contribution is -2.28. The summed E-state index contributed by atoms with van der Waals surface area (Å²) in [5, 5.41) is 6.06. The lowest BCUT2D eigenvalue weighted by Gasteiger charge is -2.07. The van der Waals surface area contributed by atoms with Crippen LogP contribution < -0.4 is 10.6 Å². The van der Waals surface area contributed by atoms with Crippen LogP contribution in [-0.2, 0) is 11.8 Å². The molecular weight excluding hydrogens is 420 g/mol. The summed E-state index contributed by atoms with van der Waals surface area (Å²) in [5.41, 5.74) is 2.12. The number of nitrogens with zero attached hydrogens (tertiary/aromatic N) is 2. The third-order valence-electron chi connectivity index (χ3n) is 3.84. The van der Waals surface area contributed by atoms with Gasteiger partial charge < -0.3 is 9.88 Å². The summed E-state index contributed by atoms with van der Waals surface area (Å²) in [6.07, 6.45) is 0.145. The lowest BCUT2D eigenvalue weighted by molar-refractivity contribution is -0.116. The molecule has 0 unspecified atom stereocenters. The van der Waals surface area contributed by atoms with Crippen molar-refractivity contribution in [2.75, 3.05) is 11.9 Å². The minimum absolute atomic E-state index is 0.145. The van der Waals surface area contributed by atoms with E-state index in [1.165, 1.54) is 0 Å². The van der Waals surface area contributed by atoms with Gasteiger partial charge in [-0.3, -0.25) is 14.9 Å². The van der Waals surface area contributed by atoms with Gasteiger partial charge >= 0.3 is 0 Å². The number of rotatable bonds is 5. The molecule has 0 fully saturated rings. The van der Waals surface area contributed by atoms with Crippen LogP contribution in [0, 0.1) is 0 Å². The number of fused-ring (bicyclic) bond motifs is 1. The van der Waals surface area contributed by atoms with E-state index in [0.29, 0.717) is 22.1 Å². The summed E-state index contributed by atoms with van der Waals surface area (Å²) < 4.78 is 2.68. The molecule has 8 heteroatoms. The topological polar surface area (TPSA) is 76.0 Å². The van der Waals surface area contributed by atoms with E-state index >= 15 is 0 Å². The maximum Gasteiger partial charge on any atom is 0.251 e. The van der Waals surface area contributed by atoms with E-state index in [2.05, 4.69) is 31.5 Å². The van der Waals surface area contributed by atoms with Gasteiger partial charge in [-0.1, -0.05) is 27.5 Å². The van der Waals surface area contributed by atoms with Crippen LogP contribution in [0.25, 0.3) is 11.0 Å². The molecule has 2 amide bonds. The van der Waals surface area contributed by atoms with Crippen molar-refractivity contribution >= 4 is 56.3 Å². The zero-order valence-corrected chi connectivity index (χ0v) is 16.3. The Hall–Kier alpha value is -2.38. The Bertz CT molecular complexity index is 969. The van der Waals surface area contributed by atoms with Gasteiger partial charge in [0.15, 0.2) is 0 Å². The molecule has 0 saturated carbocycles. The Labute approximate surface area is 163 Å². The first-order chi connectivity index (χ1) is 12.4. The van der Waals surface area contributed by atoms with Crippen molar-refractivity contribution in [3.05, 3.63) is 57.5 Å². The highest BCUT2D eigenvalue weighted by Crippen LogP contribution is 2.21. The Morgan fingerprint density at radius 1 is 1.19 bits per heavy atom. The number of aryl methyl sites for hydroxylation is 1. The Balaban J connectivity index is 1.55. The van der Waals surface area contributed by atoms with Crippen LogP contribution >= 0.6 is 27.5 Å². The number of nitrogens with one attached hydrogen (secondary N) is 2. The van der Waals surface area contributed by atoms with Crippen LogP contribution in [0.4, 0.5) is 5.95 Å². The van der Waals surface area contributed by atoms with Crippen molar-refractivity contribution in [2.24, 2.45) is 7.05 Å². The van der Waals surface area contributed by atoms with Gasteiger partial charge in [0.1, 0.15) is 0 Å². The number of aromatic nitrogens is 2. The van der Waals surface area contributed by atoms with Crippen molar-refractivity contribution in [3.63, 3.8) is 0 Å². The van der Waals surface area contributed by atoms with Crippen LogP contribution in [-0.4, -0.2) is 27.9 Å². The van der Waals surface area contributed by atoms with Gasteiger partial charge in [-0.05, 0) is 42.5 Å². The molecule has 6 nitrogen and oxygen atoms in total. The second-order valence-corrected chi connectivity index (χ2v) is 7.04. The summed E-state index contributed by atoms with van der Waals surface area (Å²) in [7, 11) is 1.81. The van der Waals surface area contributed by atoms with E-state index in [4.69, 9.17) is 11.6 Å². The molecule has 134 valence electrons. The molecule has 0 aliphatic rings. The maximum atomic E-state index is 12.1. The Kier molecular flexibility index (Phi) is 5.58. The molecule has 0 atom stereocenters. The van der Waals surface area contributed by atoms with Gasteiger partial charge in [-0.2, -0.15) is 0 Å². The fraction of sp³-hybridized carbons (Fsp3) is 0.167. The van der Waals surface area contributed by atoms with Gasteiger partial charge in [-0.15, -0.1) is 0 Å². The van der Waals surface area contributed by atoms with E-state index in [1.807, 2.05) is 13.1 Å². The highest BCUT2D eigenvalue weighted by Gasteiger charge is 2.12. The largest absolute Gasteiger partial charge is 0.352 e. The van der Waals surface area contributed by atoms with Gasteiger partial charge in [0, 0.05) is 35.1 Å². The number of amides is 2. The molecule has 0 radical (unpaired) electrons. The average Bonchev–Trinajstić information content (AvgIpc) is 2.90. The molecule has 1 aromatic heterocycles. The number of hydrogen-bond acceptors (Lipinski definition) is 3. The Morgan fingerprint density at radius 2 is 1.92 bits per heavy atom. The monoisotopic (exact) mass is 434 g/mol. The number of imidazole rings is 1. The first-order valence-corrected chi connectivity index (χ1v) is 9.07. The average molecular weight is 436 g/mol. The molecule has 3 rings (SSSR count). The van der Waals surface area contributed by atoms with Gasteiger partial charge in [0.05, 0.1) is 11.0 Å². The van der Waals surface area contributed by atoms with Crippen molar-refractivity contribution in [2.45, 2.75) is 6.42 Å². The molecule has 0 saturated heterocycles. The van der Waals surface area contributed by atoms with Crippen LogP contribution in [0.2, 0.25) is 5.02 Å². The van der Waals surface area contributed by atoms with Crippen LogP contribution in [0.15, 0.2) is 46.9 Å². The van der Waals surface area contributed by atoms with E-state index in [0.717, 1.165) is 9.99 Å². The number of benzene rings is 2. The predicted octanol–water partition coefficient (Wildman–Crippen LogP) is 3.75. The highest BCUT2D eigenvalue weighted by molar-refractivity contribution is 9.10. The summed E-state index contributed by atoms with van der Waals surface area (Å²) in [6, 6.07) is 12.4. The maximum absolute atomic E-state index is 12.1. The molecule has 3 aromatic rings. The van der Waals surface area contributed by atoms with Crippen molar-refractivity contribution in [3.8, 4) is 0 Å². The normalized spacial score (nSPS) is 10.7. The van der Waals surface area contributed by atoms with E-state index < -0.39 is 0 Å².